The molecule has 1 unspecified atom stereocenters. The van der Waals surface area contributed by atoms with Crippen LogP contribution in [0.3, 0.4) is 0 Å². The van der Waals surface area contributed by atoms with E-state index in [-0.39, 0.29) is 6.10 Å². The Kier molecular flexibility index (Phi) is 3.29. The van der Waals surface area contributed by atoms with Crippen molar-refractivity contribution in [2.75, 3.05) is 0 Å². The van der Waals surface area contributed by atoms with Crippen LogP contribution in [0.2, 0.25) is 0 Å². The molecule has 1 N–H and O–H groups in total. The third-order valence-electron chi connectivity index (χ3n) is 1.94. The van der Waals surface area contributed by atoms with E-state index in [1.165, 1.54) is 0 Å². The van der Waals surface area contributed by atoms with Crippen LogP contribution in [0.25, 0.3) is 0 Å². The monoisotopic (exact) mass is 168 g/mol. The summed E-state index contributed by atoms with van der Waals surface area (Å²) >= 11 is 0. The molecule has 1 atom stereocenters. The lowest BCUT2D eigenvalue weighted by molar-refractivity contribution is 0.164. The molecule has 3 nitrogen and oxygen atoms in total. The smallest absolute Gasteiger partial charge is 0.0953 e. The summed E-state index contributed by atoms with van der Waals surface area (Å²) in [5.41, 5.74) is 0.930. The van der Waals surface area contributed by atoms with Crippen molar-refractivity contribution in [2.24, 2.45) is 0 Å². The van der Waals surface area contributed by atoms with Crippen LogP contribution >= 0.6 is 0 Å². The quantitative estimate of drug-likeness (QED) is 0.743. The molecule has 0 aliphatic rings. The summed E-state index contributed by atoms with van der Waals surface area (Å²) in [5.74, 6) is 0. The van der Waals surface area contributed by atoms with Gasteiger partial charge in [0.1, 0.15) is 0 Å². The second kappa shape index (κ2) is 4.26. The van der Waals surface area contributed by atoms with Gasteiger partial charge >= 0.3 is 0 Å². The molecule has 0 radical (unpaired) electrons. The summed E-state index contributed by atoms with van der Waals surface area (Å²) in [6.45, 7) is 5.02. The maximum Gasteiger partial charge on any atom is 0.0953 e. The number of aliphatic hydroxyl groups is 1. The van der Waals surface area contributed by atoms with Crippen LogP contribution < -0.4 is 0 Å². The van der Waals surface area contributed by atoms with Crippen molar-refractivity contribution in [3.05, 3.63) is 18.2 Å². The predicted molar refractivity (Wildman–Crippen MR) is 47.8 cm³/mol. The van der Waals surface area contributed by atoms with E-state index >= 15 is 0 Å². The Hall–Kier alpha value is -0.830. The maximum atomic E-state index is 9.56. The topological polar surface area (TPSA) is 38.0 Å². The van der Waals surface area contributed by atoms with Crippen LogP contribution in [-0.2, 0) is 6.54 Å². The van der Waals surface area contributed by atoms with Gasteiger partial charge in [-0.3, -0.25) is 0 Å². The third kappa shape index (κ3) is 1.85. The number of aromatic nitrogens is 2. The van der Waals surface area contributed by atoms with E-state index in [2.05, 4.69) is 11.9 Å². The molecule has 1 aromatic heterocycles. The number of nitrogens with zero attached hydrogens (tertiary/aromatic N) is 2. The van der Waals surface area contributed by atoms with Gasteiger partial charge in [-0.05, 0) is 12.8 Å². The standard InChI is InChI=1S/C9H16N2O/c1-3-5-11-7-10-6-8(11)9(12)4-2/h6-7,9,12H,3-5H2,1-2H3. The van der Waals surface area contributed by atoms with E-state index in [1.807, 2.05) is 11.5 Å². The van der Waals surface area contributed by atoms with Crippen LogP contribution in [0.1, 0.15) is 38.5 Å². The van der Waals surface area contributed by atoms with Crippen molar-refractivity contribution in [2.45, 2.75) is 39.3 Å². The molecular weight excluding hydrogens is 152 g/mol. The fourth-order valence-corrected chi connectivity index (χ4v) is 1.25. The van der Waals surface area contributed by atoms with Gasteiger partial charge in [-0.1, -0.05) is 13.8 Å². The number of rotatable bonds is 4. The van der Waals surface area contributed by atoms with E-state index in [4.69, 9.17) is 0 Å². The van der Waals surface area contributed by atoms with Gasteiger partial charge in [0.25, 0.3) is 0 Å². The van der Waals surface area contributed by atoms with Gasteiger partial charge < -0.3 is 9.67 Å². The highest BCUT2D eigenvalue weighted by Crippen LogP contribution is 2.15. The lowest BCUT2D eigenvalue weighted by atomic mass is 10.2. The number of hydrogen-bond acceptors (Lipinski definition) is 2. The summed E-state index contributed by atoms with van der Waals surface area (Å²) in [7, 11) is 0. The average Bonchev–Trinajstić information content (AvgIpc) is 2.52. The Labute approximate surface area is 73.1 Å². The number of aryl methyl sites for hydroxylation is 1. The van der Waals surface area contributed by atoms with Crippen LogP contribution in [0, 0.1) is 0 Å². The Balaban J connectivity index is 2.76. The number of aliphatic hydroxyl groups excluding tert-OH is 1. The van der Waals surface area contributed by atoms with E-state index in [1.54, 1.807) is 12.5 Å². The molecule has 3 heteroatoms. The predicted octanol–water partition coefficient (Wildman–Crippen LogP) is 1.74. The molecule has 0 amide bonds. The third-order valence-corrected chi connectivity index (χ3v) is 1.94. The first-order valence-corrected chi connectivity index (χ1v) is 4.47. The molecule has 0 aliphatic heterocycles. The highest BCUT2D eigenvalue weighted by atomic mass is 16.3. The molecule has 0 spiro atoms. The van der Waals surface area contributed by atoms with E-state index < -0.39 is 0 Å². The summed E-state index contributed by atoms with van der Waals surface area (Å²) in [6.07, 6.45) is 4.97. The maximum absolute atomic E-state index is 9.56. The lowest BCUT2D eigenvalue weighted by Crippen LogP contribution is -2.05. The molecular formula is C9H16N2O. The number of hydrogen-bond donors (Lipinski definition) is 1. The van der Waals surface area contributed by atoms with Crippen molar-refractivity contribution in [3.63, 3.8) is 0 Å². The van der Waals surface area contributed by atoms with Crippen LogP contribution in [0.4, 0.5) is 0 Å². The molecule has 0 aliphatic carbocycles. The van der Waals surface area contributed by atoms with Crippen molar-refractivity contribution in [1.82, 2.24) is 9.55 Å². The molecule has 0 fully saturated rings. The zero-order valence-corrected chi connectivity index (χ0v) is 7.70. The zero-order chi connectivity index (χ0) is 8.97. The summed E-state index contributed by atoms with van der Waals surface area (Å²) in [6, 6.07) is 0. The van der Waals surface area contributed by atoms with Crippen LogP contribution in [0.5, 0.6) is 0 Å². The number of imidazole rings is 1. The normalized spacial score (nSPS) is 13.2. The molecule has 1 rings (SSSR count). The van der Waals surface area contributed by atoms with Crippen LogP contribution in [0.15, 0.2) is 12.5 Å². The Bertz CT molecular complexity index is 232. The van der Waals surface area contributed by atoms with E-state index in [0.29, 0.717) is 0 Å². The Morgan fingerprint density at radius 3 is 2.92 bits per heavy atom. The van der Waals surface area contributed by atoms with Gasteiger partial charge in [0.15, 0.2) is 0 Å². The van der Waals surface area contributed by atoms with Crippen molar-refractivity contribution in [3.8, 4) is 0 Å². The van der Waals surface area contributed by atoms with Gasteiger partial charge in [0.05, 0.1) is 24.3 Å². The van der Waals surface area contributed by atoms with E-state index in [9.17, 15) is 5.11 Å². The first kappa shape index (κ1) is 9.26. The summed E-state index contributed by atoms with van der Waals surface area (Å²) in [5, 5.41) is 9.56. The van der Waals surface area contributed by atoms with Gasteiger partial charge in [-0.15, -0.1) is 0 Å². The molecule has 0 aromatic carbocycles. The minimum Gasteiger partial charge on any atom is -0.387 e. The van der Waals surface area contributed by atoms with Gasteiger partial charge in [-0.2, -0.15) is 0 Å². The molecule has 68 valence electrons. The zero-order valence-electron chi connectivity index (χ0n) is 7.70. The first-order chi connectivity index (χ1) is 5.79. The van der Waals surface area contributed by atoms with Crippen LogP contribution in [-0.4, -0.2) is 14.7 Å². The van der Waals surface area contributed by atoms with Gasteiger partial charge in [0, 0.05) is 6.54 Å². The van der Waals surface area contributed by atoms with Crippen molar-refractivity contribution in [1.29, 1.82) is 0 Å². The Morgan fingerprint density at radius 2 is 2.33 bits per heavy atom. The molecule has 0 saturated heterocycles. The second-order valence-corrected chi connectivity index (χ2v) is 2.94. The Morgan fingerprint density at radius 1 is 1.58 bits per heavy atom. The SMILES string of the molecule is CCCn1cncc1C(O)CC. The van der Waals surface area contributed by atoms with E-state index in [0.717, 1.165) is 25.1 Å². The molecule has 12 heavy (non-hydrogen) atoms. The molecule has 1 aromatic rings. The lowest BCUT2D eigenvalue weighted by Gasteiger charge is -2.10. The largest absolute Gasteiger partial charge is 0.387 e. The minimum atomic E-state index is -0.362. The minimum absolute atomic E-state index is 0.362. The highest BCUT2D eigenvalue weighted by molar-refractivity contribution is 5.02. The molecule has 0 bridgehead atoms. The van der Waals surface area contributed by atoms with Crippen molar-refractivity contribution < 1.29 is 5.11 Å². The van der Waals surface area contributed by atoms with Gasteiger partial charge in [0.2, 0.25) is 0 Å². The summed E-state index contributed by atoms with van der Waals surface area (Å²) < 4.78 is 2.01. The average molecular weight is 168 g/mol. The summed E-state index contributed by atoms with van der Waals surface area (Å²) in [4.78, 5) is 4.01. The van der Waals surface area contributed by atoms with Gasteiger partial charge in [-0.25, -0.2) is 4.98 Å². The second-order valence-electron chi connectivity index (χ2n) is 2.94. The highest BCUT2D eigenvalue weighted by Gasteiger charge is 2.09. The fourth-order valence-electron chi connectivity index (χ4n) is 1.25. The molecule has 1 heterocycles. The van der Waals surface area contributed by atoms with Crippen molar-refractivity contribution >= 4 is 0 Å². The first-order valence-electron chi connectivity index (χ1n) is 4.47. The fraction of sp³-hybridized carbons (Fsp3) is 0.667. The molecule has 0 saturated carbocycles.